The lowest BCUT2D eigenvalue weighted by molar-refractivity contribution is 0.360. The van der Waals surface area contributed by atoms with E-state index in [1.807, 2.05) is 18.2 Å². The van der Waals surface area contributed by atoms with Crippen LogP contribution in [-0.4, -0.2) is 0 Å². The minimum atomic E-state index is -0.507. The Morgan fingerprint density at radius 2 is 1.26 bits per heavy atom. The van der Waals surface area contributed by atoms with Crippen LogP contribution in [0.5, 0.6) is 23.0 Å². The minimum absolute atomic E-state index is 0.400. The van der Waals surface area contributed by atoms with E-state index >= 15 is 0 Å². The summed E-state index contributed by atoms with van der Waals surface area (Å²) >= 11 is 0. The molecule has 6 aliphatic rings. The average Bonchev–Trinajstić information content (AvgIpc) is 4.09. The smallest absolute Gasteiger partial charge is 0.194 e. The summed E-state index contributed by atoms with van der Waals surface area (Å²) in [5.41, 5.74) is 19.3. The molecular formula is C61H40N2O3. The van der Waals surface area contributed by atoms with Gasteiger partial charge >= 0.3 is 0 Å². The van der Waals surface area contributed by atoms with Gasteiger partial charge in [0.1, 0.15) is 11.2 Å². The Bertz CT molecular complexity index is 3690. The Morgan fingerprint density at radius 3 is 2.09 bits per heavy atom. The molecule has 1 atom stereocenters. The number of allylic oxidation sites excluding steroid dienone is 6. The first-order chi connectivity index (χ1) is 32.7. The lowest BCUT2D eigenvalue weighted by atomic mass is 9.70. The van der Waals surface area contributed by atoms with E-state index in [4.69, 9.17) is 13.9 Å². The molecule has 0 saturated carbocycles. The lowest BCUT2D eigenvalue weighted by Gasteiger charge is -2.33. The summed E-state index contributed by atoms with van der Waals surface area (Å²) in [6.45, 7) is 0. The van der Waals surface area contributed by atoms with Gasteiger partial charge in [-0.3, -0.25) is 0 Å². The maximum atomic E-state index is 7.31. The molecule has 0 bridgehead atoms. The molecule has 5 heteroatoms. The van der Waals surface area contributed by atoms with Gasteiger partial charge < -0.3 is 23.7 Å². The van der Waals surface area contributed by atoms with Crippen molar-refractivity contribution in [3.63, 3.8) is 0 Å². The molecule has 8 aromatic carbocycles. The largest absolute Gasteiger partial charge is 0.456 e. The van der Waals surface area contributed by atoms with E-state index in [1.165, 1.54) is 55.9 Å². The number of hydrogen-bond donors (Lipinski definition) is 0. The van der Waals surface area contributed by atoms with Crippen LogP contribution >= 0.6 is 0 Å². The predicted octanol–water partition coefficient (Wildman–Crippen LogP) is 16.2. The van der Waals surface area contributed by atoms with E-state index in [2.05, 4.69) is 192 Å². The molecule has 66 heavy (non-hydrogen) atoms. The molecule has 0 fully saturated rings. The molecule has 2 aliphatic heterocycles. The van der Waals surface area contributed by atoms with Crippen LogP contribution in [0.2, 0.25) is 0 Å². The Kier molecular flexibility index (Phi) is 7.32. The Labute approximate surface area is 382 Å². The highest BCUT2D eigenvalue weighted by Gasteiger charge is 2.52. The second-order valence-electron chi connectivity index (χ2n) is 18.2. The summed E-state index contributed by atoms with van der Waals surface area (Å²) in [7, 11) is 0. The normalized spacial score (nSPS) is 17.3. The van der Waals surface area contributed by atoms with Crippen molar-refractivity contribution < 1.29 is 13.9 Å². The monoisotopic (exact) mass is 848 g/mol. The fourth-order valence-corrected chi connectivity index (χ4v) is 12.2. The highest BCUT2D eigenvalue weighted by atomic mass is 16.6. The van der Waals surface area contributed by atoms with Gasteiger partial charge in [0.25, 0.3) is 0 Å². The number of benzene rings is 8. The number of ether oxygens (including phenoxy) is 2. The summed E-state index contributed by atoms with van der Waals surface area (Å²) in [6, 6.07) is 61.1. The van der Waals surface area contributed by atoms with E-state index in [-0.39, 0.29) is 0 Å². The fourth-order valence-electron chi connectivity index (χ4n) is 12.2. The highest BCUT2D eigenvalue weighted by Crippen LogP contribution is 2.65. The van der Waals surface area contributed by atoms with Crippen molar-refractivity contribution in [2.45, 2.75) is 24.7 Å². The summed E-state index contributed by atoms with van der Waals surface area (Å²) in [4.78, 5) is 4.78. The van der Waals surface area contributed by atoms with Crippen molar-refractivity contribution >= 4 is 44.7 Å². The van der Waals surface area contributed by atoms with Crippen molar-refractivity contribution in [1.82, 2.24) is 0 Å². The van der Waals surface area contributed by atoms with Crippen molar-refractivity contribution in [2.24, 2.45) is 5.92 Å². The number of fused-ring (bicyclic) bond motifs is 17. The summed E-state index contributed by atoms with van der Waals surface area (Å²) in [6.07, 6.45) is 14.7. The maximum Gasteiger partial charge on any atom is 0.194 e. The van der Waals surface area contributed by atoms with Gasteiger partial charge in [-0.05, 0) is 142 Å². The molecule has 0 amide bonds. The zero-order chi connectivity index (χ0) is 43.1. The Morgan fingerprint density at radius 1 is 0.545 bits per heavy atom. The van der Waals surface area contributed by atoms with Crippen LogP contribution in [0.3, 0.4) is 0 Å². The molecule has 0 saturated heterocycles. The van der Waals surface area contributed by atoms with E-state index in [1.54, 1.807) is 0 Å². The van der Waals surface area contributed by atoms with Crippen molar-refractivity contribution in [1.29, 1.82) is 0 Å². The first kappa shape index (κ1) is 36.1. The third kappa shape index (κ3) is 4.79. The first-order valence-corrected chi connectivity index (χ1v) is 23.1. The van der Waals surface area contributed by atoms with Crippen LogP contribution in [0.4, 0.5) is 22.7 Å². The third-order valence-electron chi connectivity index (χ3n) is 14.9. The van der Waals surface area contributed by atoms with Gasteiger partial charge in [0.05, 0.1) is 16.8 Å². The number of rotatable bonds is 4. The predicted molar refractivity (Wildman–Crippen MR) is 264 cm³/mol. The molecule has 0 N–H and O–H groups in total. The summed E-state index contributed by atoms with van der Waals surface area (Å²) in [5.74, 6) is 3.10. The topological polar surface area (TPSA) is 38.1 Å². The van der Waals surface area contributed by atoms with E-state index in [9.17, 15) is 0 Å². The quantitative estimate of drug-likeness (QED) is 0.176. The summed E-state index contributed by atoms with van der Waals surface area (Å²) in [5, 5.41) is 2.18. The fraction of sp³-hybridized carbons (Fsp3) is 0.0820. The maximum absolute atomic E-state index is 7.31. The molecule has 1 aromatic heterocycles. The Hall–Kier alpha value is -8.28. The third-order valence-corrected chi connectivity index (χ3v) is 14.9. The molecule has 3 heterocycles. The number of nitrogens with zero attached hydrogens (tertiary/aromatic N) is 2. The standard InChI is InChI=1S/C61H40N2O3/c1-7-23-48-40(17-1)41-18-2-8-24-49(41)61(48)50-25-9-3-19-42(50)47-35-58-59(36-51(47)61)66-60-54(28-14-30-56(60)65-58)62(39-31-32-46-45-22-6-12-29-55(45)64-57(46)34-39)37-15-13-16-38(33-37)63-52-26-10-4-20-43(52)44-21-5-11-27-53(44)63/h1-4,6-19,22-36,43H,5,20-21H2. The number of hydrogen-bond acceptors (Lipinski definition) is 5. The van der Waals surface area contributed by atoms with Crippen molar-refractivity contribution in [3.05, 3.63) is 239 Å². The van der Waals surface area contributed by atoms with Gasteiger partial charge in [-0.1, -0.05) is 121 Å². The highest BCUT2D eigenvalue weighted by molar-refractivity contribution is 6.06. The SMILES string of the molecule is C1=CCC2C(=C1)N(c1cccc(N(c3ccc4c(c3)oc3ccccc34)c3cccc4c3Oc3cc5c(cc3O4)-c3ccccc3C53c4ccccc4-c4ccccc43)c1)C1=C2CCC=C1. The van der Waals surface area contributed by atoms with Gasteiger partial charge in [-0.25, -0.2) is 0 Å². The van der Waals surface area contributed by atoms with E-state index < -0.39 is 5.41 Å². The molecule has 9 aromatic rings. The average molecular weight is 849 g/mol. The molecule has 4 aliphatic carbocycles. The second-order valence-corrected chi connectivity index (χ2v) is 18.2. The first-order valence-electron chi connectivity index (χ1n) is 23.1. The van der Waals surface area contributed by atoms with Crippen LogP contribution in [-0.2, 0) is 5.41 Å². The lowest BCUT2D eigenvalue weighted by Crippen LogP contribution is -2.26. The van der Waals surface area contributed by atoms with Crippen LogP contribution in [0.15, 0.2) is 222 Å². The van der Waals surface area contributed by atoms with Crippen molar-refractivity contribution in [2.75, 3.05) is 9.80 Å². The molecule has 0 radical (unpaired) electrons. The van der Waals surface area contributed by atoms with Gasteiger partial charge in [0.2, 0.25) is 0 Å². The zero-order valence-electron chi connectivity index (χ0n) is 35.9. The number of para-hydroxylation sites is 2. The second kappa shape index (κ2) is 13.4. The van der Waals surface area contributed by atoms with Crippen LogP contribution < -0.4 is 19.3 Å². The van der Waals surface area contributed by atoms with Crippen LogP contribution in [0.1, 0.15) is 41.5 Å². The van der Waals surface area contributed by atoms with E-state index in [0.29, 0.717) is 28.9 Å². The molecule has 1 unspecified atom stereocenters. The molecule has 5 nitrogen and oxygen atoms in total. The number of furan rings is 1. The van der Waals surface area contributed by atoms with Gasteiger partial charge in [-0.2, -0.15) is 0 Å². The van der Waals surface area contributed by atoms with Gasteiger partial charge in [-0.15, -0.1) is 0 Å². The van der Waals surface area contributed by atoms with Crippen LogP contribution in [0.25, 0.3) is 44.2 Å². The van der Waals surface area contributed by atoms with Gasteiger partial charge in [0, 0.05) is 45.5 Å². The molecule has 1 spiro atoms. The number of anilines is 4. The molecule has 312 valence electrons. The molecule has 15 rings (SSSR count). The minimum Gasteiger partial charge on any atom is -0.456 e. The summed E-state index contributed by atoms with van der Waals surface area (Å²) < 4.78 is 20.9. The van der Waals surface area contributed by atoms with Crippen molar-refractivity contribution in [3.8, 4) is 45.3 Å². The van der Waals surface area contributed by atoms with Crippen LogP contribution in [0, 0.1) is 5.92 Å². The Balaban J connectivity index is 0.915. The van der Waals surface area contributed by atoms with E-state index in [0.717, 1.165) is 69.5 Å². The zero-order valence-corrected chi connectivity index (χ0v) is 35.9. The van der Waals surface area contributed by atoms with Gasteiger partial charge in [0.15, 0.2) is 23.0 Å². The molecular weight excluding hydrogens is 809 g/mol.